The molecule has 0 bridgehead atoms. The first-order chi connectivity index (χ1) is 13.7. The van der Waals surface area contributed by atoms with E-state index in [-0.39, 0.29) is 24.5 Å². The first-order valence-corrected chi connectivity index (χ1v) is 9.71. The number of carbonyl (C=O) groups excluding carboxylic acids is 2. The number of benzene rings is 2. The molecule has 0 spiro atoms. The van der Waals surface area contributed by atoms with Gasteiger partial charge in [-0.25, -0.2) is 0 Å². The van der Waals surface area contributed by atoms with E-state index in [1.807, 2.05) is 53.4 Å². The van der Waals surface area contributed by atoms with Crippen LogP contribution >= 0.6 is 0 Å². The van der Waals surface area contributed by atoms with Gasteiger partial charge >= 0.3 is 0 Å². The molecular formula is C22H25N3O3. The molecule has 2 aromatic rings. The fourth-order valence-corrected chi connectivity index (χ4v) is 4.19. The Bertz CT molecular complexity index is 883. The third-order valence-corrected chi connectivity index (χ3v) is 5.47. The lowest BCUT2D eigenvalue weighted by Crippen LogP contribution is -2.49. The second-order valence-corrected chi connectivity index (χ2v) is 7.20. The second-order valence-electron chi connectivity index (χ2n) is 7.20. The van der Waals surface area contributed by atoms with Crippen LogP contribution in [0.3, 0.4) is 0 Å². The largest absolute Gasteiger partial charge is 0.496 e. The summed E-state index contributed by atoms with van der Waals surface area (Å²) in [5, 5.41) is 3.01. The molecule has 4 rings (SSSR count). The van der Waals surface area contributed by atoms with Gasteiger partial charge in [0.05, 0.1) is 13.7 Å². The monoisotopic (exact) mass is 379 g/mol. The number of hydrogen-bond acceptors (Lipinski definition) is 4. The number of nitrogens with one attached hydrogen (secondary N) is 1. The van der Waals surface area contributed by atoms with Gasteiger partial charge in [0.25, 0.3) is 5.91 Å². The summed E-state index contributed by atoms with van der Waals surface area (Å²) >= 11 is 0. The van der Waals surface area contributed by atoms with E-state index in [0.717, 1.165) is 42.0 Å². The van der Waals surface area contributed by atoms with E-state index in [9.17, 15) is 9.59 Å². The van der Waals surface area contributed by atoms with E-state index in [2.05, 4.69) is 10.2 Å². The van der Waals surface area contributed by atoms with Crippen LogP contribution in [0.15, 0.2) is 48.5 Å². The molecule has 2 aliphatic heterocycles. The Hall–Kier alpha value is -2.86. The van der Waals surface area contributed by atoms with Gasteiger partial charge < -0.3 is 15.0 Å². The van der Waals surface area contributed by atoms with Crippen LogP contribution in [0.2, 0.25) is 0 Å². The summed E-state index contributed by atoms with van der Waals surface area (Å²) in [5.41, 5.74) is 2.84. The van der Waals surface area contributed by atoms with E-state index in [1.54, 1.807) is 7.11 Å². The van der Waals surface area contributed by atoms with Gasteiger partial charge in [0, 0.05) is 30.8 Å². The van der Waals surface area contributed by atoms with Gasteiger partial charge in [-0.3, -0.25) is 14.5 Å². The van der Waals surface area contributed by atoms with Crippen LogP contribution in [-0.4, -0.2) is 54.9 Å². The Balaban J connectivity index is 1.37. The van der Waals surface area contributed by atoms with Crippen molar-refractivity contribution in [1.82, 2.24) is 15.1 Å². The molecule has 1 atom stereocenters. The number of para-hydroxylation sites is 1. The third-order valence-electron chi connectivity index (χ3n) is 5.47. The molecule has 146 valence electrons. The van der Waals surface area contributed by atoms with Gasteiger partial charge in [0.2, 0.25) is 5.91 Å². The lowest BCUT2D eigenvalue weighted by Gasteiger charge is -2.39. The van der Waals surface area contributed by atoms with E-state index in [0.29, 0.717) is 13.0 Å². The van der Waals surface area contributed by atoms with Gasteiger partial charge in [-0.1, -0.05) is 36.4 Å². The van der Waals surface area contributed by atoms with E-state index >= 15 is 0 Å². The quantitative estimate of drug-likeness (QED) is 0.836. The summed E-state index contributed by atoms with van der Waals surface area (Å²) in [6, 6.07) is 15.6. The Morgan fingerprint density at radius 1 is 1.14 bits per heavy atom. The van der Waals surface area contributed by atoms with Gasteiger partial charge in [0.1, 0.15) is 11.9 Å². The van der Waals surface area contributed by atoms with Crippen LogP contribution < -0.4 is 10.1 Å². The maximum atomic E-state index is 12.6. The number of amides is 2. The number of methoxy groups -OCH3 is 1. The molecule has 2 heterocycles. The minimum Gasteiger partial charge on any atom is -0.496 e. The smallest absolute Gasteiger partial charge is 0.255 e. The molecule has 2 aliphatic rings. The molecule has 6 nitrogen and oxygen atoms in total. The normalized spacial score (nSPS) is 18.5. The van der Waals surface area contributed by atoms with Gasteiger partial charge in [0.15, 0.2) is 0 Å². The molecular weight excluding hydrogens is 354 g/mol. The minimum atomic E-state index is -0.127. The van der Waals surface area contributed by atoms with E-state index < -0.39 is 0 Å². The number of rotatable bonds is 6. The highest BCUT2D eigenvalue weighted by Gasteiger charge is 2.42. The minimum absolute atomic E-state index is 0.0198. The topological polar surface area (TPSA) is 61.9 Å². The molecule has 28 heavy (non-hydrogen) atoms. The van der Waals surface area contributed by atoms with Crippen LogP contribution in [0.1, 0.15) is 34.1 Å². The molecule has 2 aromatic carbocycles. The third kappa shape index (κ3) is 3.47. The van der Waals surface area contributed by atoms with Crippen LogP contribution in [0.5, 0.6) is 5.75 Å². The number of fused-ring (bicyclic) bond motifs is 3. The van der Waals surface area contributed by atoms with Crippen LogP contribution in [0.25, 0.3) is 0 Å². The lowest BCUT2D eigenvalue weighted by molar-refractivity contribution is -0.124. The summed E-state index contributed by atoms with van der Waals surface area (Å²) in [7, 11) is 1.65. The summed E-state index contributed by atoms with van der Waals surface area (Å²) in [4.78, 5) is 29.2. The molecule has 0 unspecified atom stereocenters. The zero-order valence-corrected chi connectivity index (χ0v) is 16.1. The van der Waals surface area contributed by atoms with Crippen molar-refractivity contribution in [1.29, 1.82) is 0 Å². The van der Waals surface area contributed by atoms with Crippen molar-refractivity contribution in [3.63, 3.8) is 0 Å². The lowest BCUT2D eigenvalue weighted by atomic mass is 10.1. The standard InChI is InChI=1S/C22H25N3O3/c1-28-19-10-5-2-7-16(19)11-12-23-20(26)15-24-13-6-14-25-21(24)17-8-3-4-9-18(17)22(25)27/h2-5,7-10,21H,6,11-15H2,1H3,(H,23,26)/t21-/m1/s1. The van der Waals surface area contributed by atoms with Gasteiger partial charge in [-0.2, -0.15) is 0 Å². The Kier molecular flexibility index (Phi) is 5.30. The Morgan fingerprint density at radius 2 is 1.93 bits per heavy atom. The predicted molar refractivity (Wildman–Crippen MR) is 106 cm³/mol. The first kappa shape index (κ1) is 18.5. The second kappa shape index (κ2) is 8.02. The van der Waals surface area contributed by atoms with Crippen molar-refractivity contribution in [3.8, 4) is 5.75 Å². The molecule has 0 aromatic heterocycles. The highest BCUT2D eigenvalue weighted by atomic mass is 16.5. The molecule has 1 saturated heterocycles. The van der Waals surface area contributed by atoms with Crippen molar-refractivity contribution in [3.05, 3.63) is 65.2 Å². The van der Waals surface area contributed by atoms with Crippen molar-refractivity contribution in [2.45, 2.75) is 19.0 Å². The molecule has 1 fully saturated rings. The van der Waals surface area contributed by atoms with Crippen LogP contribution in [0.4, 0.5) is 0 Å². The average molecular weight is 379 g/mol. The highest BCUT2D eigenvalue weighted by molar-refractivity contribution is 5.99. The predicted octanol–water partition coefficient (Wildman–Crippen LogP) is 2.21. The first-order valence-electron chi connectivity index (χ1n) is 9.71. The van der Waals surface area contributed by atoms with Gasteiger partial charge in [-0.15, -0.1) is 0 Å². The number of carbonyl (C=O) groups is 2. The SMILES string of the molecule is COc1ccccc1CCNC(=O)CN1CCCN2C(=O)c3ccccc3[C@H]12. The number of hydrogen-bond donors (Lipinski definition) is 1. The summed E-state index contributed by atoms with van der Waals surface area (Å²) in [6.07, 6.45) is 1.47. The van der Waals surface area contributed by atoms with Crippen LogP contribution in [-0.2, 0) is 11.2 Å². The van der Waals surface area contributed by atoms with Crippen LogP contribution in [0, 0.1) is 0 Å². The molecule has 6 heteroatoms. The van der Waals surface area contributed by atoms with Gasteiger partial charge in [-0.05, 0) is 30.5 Å². The Labute approximate surface area is 165 Å². The molecule has 1 N–H and O–H groups in total. The summed E-state index contributed by atoms with van der Waals surface area (Å²) in [5.74, 6) is 0.889. The van der Waals surface area contributed by atoms with E-state index in [4.69, 9.17) is 4.74 Å². The molecule has 0 radical (unpaired) electrons. The highest BCUT2D eigenvalue weighted by Crippen LogP contribution is 2.38. The maximum Gasteiger partial charge on any atom is 0.255 e. The van der Waals surface area contributed by atoms with Crippen molar-refractivity contribution >= 4 is 11.8 Å². The fraction of sp³-hybridized carbons (Fsp3) is 0.364. The molecule has 2 amide bonds. The zero-order chi connectivity index (χ0) is 19.5. The van der Waals surface area contributed by atoms with Crippen molar-refractivity contribution < 1.29 is 14.3 Å². The summed E-state index contributed by atoms with van der Waals surface area (Å²) < 4.78 is 5.36. The maximum absolute atomic E-state index is 12.6. The number of nitrogens with zero attached hydrogens (tertiary/aromatic N) is 2. The fourth-order valence-electron chi connectivity index (χ4n) is 4.19. The molecule has 0 aliphatic carbocycles. The van der Waals surface area contributed by atoms with Crippen molar-refractivity contribution in [2.75, 3.05) is 33.3 Å². The summed E-state index contributed by atoms with van der Waals surface area (Å²) in [6.45, 7) is 2.39. The zero-order valence-electron chi connectivity index (χ0n) is 16.1. The van der Waals surface area contributed by atoms with Crippen molar-refractivity contribution in [2.24, 2.45) is 0 Å². The number of ether oxygens (including phenoxy) is 1. The molecule has 0 saturated carbocycles. The average Bonchev–Trinajstić information content (AvgIpc) is 3.02. The van der Waals surface area contributed by atoms with E-state index in [1.165, 1.54) is 0 Å². The Morgan fingerprint density at radius 3 is 2.79 bits per heavy atom.